The summed E-state index contributed by atoms with van der Waals surface area (Å²) in [7, 11) is 1.61. The van der Waals surface area contributed by atoms with E-state index in [1.165, 1.54) is 0 Å². The molecule has 0 amide bonds. The third kappa shape index (κ3) is 3.05. The van der Waals surface area contributed by atoms with E-state index in [2.05, 4.69) is 25.8 Å². The highest BCUT2D eigenvalue weighted by Gasteiger charge is 2.21. The van der Waals surface area contributed by atoms with Gasteiger partial charge >= 0.3 is 0 Å². The molecule has 0 radical (unpaired) electrons. The Morgan fingerprint density at radius 2 is 1.60 bits per heavy atom. The van der Waals surface area contributed by atoms with Crippen molar-refractivity contribution < 1.29 is 4.74 Å². The number of benzene rings is 1. The van der Waals surface area contributed by atoms with E-state index in [-0.39, 0.29) is 0 Å². The van der Waals surface area contributed by atoms with Crippen molar-refractivity contribution in [3.63, 3.8) is 0 Å². The highest BCUT2D eigenvalue weighted by molar-refractivity contribution is 5.81. The Labute approximate surface area is 146 Å². The number of piperazine rings is 1. The number of hydrogen-bond donors (Lipinski definition) is 0. The fourth-order valence-electron chi connectivity index (χ4n) is 3.07. The molecule has 0 unspecified atom stereocenters. The van der Waals surface area contributed by atoms with E-state index in [1.54, 1.807) is 19.4 Å². The van der Waals surface area contributed by atoms with Gasteiger partial charge in [0.1, 0.15) is 0 Å². The number of hydrogen-bond acceptors (Lipinski definition) is 7. The lowest BCUT2D eigenvalue weighted by atomic mass is 10.2. The number of anilines is 2. The molecule has 7 nitrogen and oxygen atoms in total. The number of fused-ring (bicyclic) bond motifs is 1. The van der Waals surface area contributed by atoms with Gasteiger partial charge in [0.05, 0.1) is 18.3 Å². The third-order valence-electron chi connectivity index (χ3n) is 4.45. The lowest BCUT2D eigenvalue weighted by Crippen LogP contribution is -2.47. The van der Waals surface area contributed by atoms with E-state index < -0.39 is 0 Å². The zero-order valence-electron chi connectivity index (χ0n) is 14.4. The molecule has 3 aromatic rings. The lowest BCUT2D eigenvalue weighted by molar-refractivity contribution is 0.396. The molecule has 1 aromatic carbocycles. The highest BCUT2D eigenvalue weighted by Crippen LogP contribution is 2.21. The molecule has 0 atom stereocenters. The molecule has 0 bridgehead atoms. The first-order valence-electron chi connectivity index (χ1n) is 8.35. The molecule has 3 heterocycles. The first-order chi connectivity index (χ1) is 12.2. The Morgan fingerprint density at radius 1 is 0.880 bits per heavy atom. The quantitative estimate of drug-likeness (QED) is 0.725. The molecule has 4 rings (SSSR count). The minimum Gasteiger partial charge on any atom is -0.481 e. The van der Waals surface area contributed by atoms with Gasteiger partial charge in [-0.15, -0.1) is 0 Å². The summed E-state index contributed by atoms with van der Waals surface area (Å²) in [6.45, 7) is 5.34. The molecule has 128 valence electrons. The van der Waals surface area contributed by atoms with E-state index in [4.69, 9.17) is 14.7 Å². The van der Waals surface area contributed by atoms with E-state index in [0.717, 1.165) is 48.7 Å². The Balaban J connectivity index is 1.52. The van der Waals surface area contributed by atoms with Gasteiger partial charge in [-0.1, -0.05) is 18.2 Å². The van der Waals surface area contributed by atoms with E-state index in [9.17, 15) is 0 Å². The van der Waals surface area contributed by atoms with Crippen molar-refractivity contribution in [3.8, 4) is 5.88 Å². The molecule has 25 heavy (non-hydrogen) atoms. The minimum absolute atomic E-state index is 0.584. The van der Waals surface area contributed by atoms with Crippen LogP contribution in [0.5, 0.6) is 5.88 Å². The number of ether oxygens (including phenoxy) is 1. The molecule has 1 fully saturated rings. The average Bonchev–Trinajstić information content (AvgIpc) is 2.68. The number of methoxy groups -OCH3 is 1. The van der Waals surface area contributed by atoms with Crippen LogP contribution in [0.25, 0.3) is 10.9 Å². The Morgan fingerprint density at radius 3 is 2.36 bits per heavy atom. The van der Waals surface area contributed by atoms with Crippen LogP contribution in [0.2, 0.25) is 0 Å². The van der Waals surface area contributed by atoms with Crippen molar-refractivity contribution in [1.29, 1.82) is 0 Å². The van der Waals surface area contributed by atoms with Crippen LogP contribution in [0.15, 0.2) is 36.5 Å². The van der Waals surface area contributed by atoms with Crippen LogP contribution in [-0.4, -0.2) is 53.2 Å². The fraction of sp³-hybridized carbons (Fsp3) is 0.333. The molecular formula is C18H20N6O. The molecular weight excluding hydrogens is 316 g/mol. The first kappa shape index (κ1) is 15.6. The highest BCUT2D eigenvalue weighted by atomic mass is 16.5. The summed E-state index contributed by atoms with van der Waals surface area (Å²) in [6.07, 6.45) is 1.73. The van der Waals surface area contributed by atoms with Crippen LogP contribution in [0.3, 0.4) is 0 Å². The van der Waals surface area contributed by atoms with E-state index in [0.29, 0.717) is 11.8 Å². The summed E-state index contributed by atoms with van der Waals surface area (Å²) in [6, 6.07) is 9.88. The molecule has 2 aromatic heterocycles. The normalized spacial score (nSPS) is 14.8. The molecule has 1 saturated heterocycles. The Hall–Kier alpha value is -2.96. The van der Waals surface area contributed by atoms with Gasteiger partial charge in [0.2, 0.25) is 17.8 Å². The van der Waals surface area contributed by atoms with Crippen LogP contribution in [-0.2, 0) is 0 Å². The van der Waals surface area contributed by atoms with Gasteiger partial charge in [-0.25, -0.2) is 15.0 Å². The van der Waals surface area contributed by atoms with E-state index >= 15 is 0 Å². The SMILES string of the molecule is COc1ccnc(N2CCN(c3nc(C)c4ccccc4n3)CC2)n1. The maximum Gasteiger partial charge on any atom is 0.228 e. The second-order valence-electron chi connectivity index (χ2n) is 6.00. The Bertz CT molecular complexity index is 892. The summed E-state index contributed by atoms with van der Waals surface area (Å²) < 4.78 is 5.18. The summed E-state index contributed by atoms with van der Waals surface area (Å²) in [5, 5.41) is 1.11. The number of aryl methyl sites for hydroxylation is 1. The van der Waals surface area contributed by atoms with Crippen molar-refractivity contribution in [2.45, 2.75) is 6.92 Å². The van der Waals surface area contributed by atoms with Crippen LogP contribution in [0, 0.1) is 6.92 Å². The Kier molecular flexibility index (Phi) is 4.05. The van der Waals surface area contributed by atoms with Gasteiger partial charge < -0.3 is 14.5 Å². The van der Waals surface area contributed by atoms with Crippen molar-refractivity contribution >= 4 is 22.8 Å². The van der Waals surface area contributed by atoms with E-state index in [1.807, 2.05) is 25.1 Å². The van der Waals surface area contributed by atoms with Crippen molar-refractivity contribution in [2.75, 3.05) is 43.1 Å². The van der Waals surface area contributed by atoms with Crippen LogP contribution in [0.4, 0.5) is 11.9 Å². The summed E-state index contributed by atoms with van der Waals surface area (Å²) in [4.78, 5) is 22.6. The summed E-state index contributed by atoms with van der Waals surface area (Å²) in [5.74, 6) is 2.08. The summed E-state index contributed by atoms with van der Waals surface area (Å²) >= 11 is 0. The maximum atomic E-state index is 5.18. The van der Waals surface area contributed by atoms with Crippen LogP contribution in [0.1, 0.15) is 5.69 Å². The molecule has 0 saturated carbocycles. The van der Waals surface area contributed by atoms with Crippen LogP contribution >= 0.6 is 0 Å². The smallest absolute Gasteiger partial charge is 0.228 e. The van der Waals surface area contributed by atoms with Gasteiger partial charge in [-0.05, 0) is 13.0 Å². The predicted molar refractivity (Wildman–Crippen MR) is 97.3 cm³/mol. The maximum absolute atomic E-state index is 5.18. The van der Waals surface area contributed by atoms with Crippen molar-refractivity contribution in [3.05, 3.63) is 42.2 Å². The number of rotatable bonds is 3. The topological polar surface area (TPSA) is 67.3 Å². The lowest BCUT2D eigenvalue weighted by Gasteiger charge is -2.34. The third-order valence-corrected chi connectivity index (χ3v) is 4.45. The summed E-state index contributed by atoms with van der Waals surface area (Å²) in [5.41, 5.74) is 2.00. The first-order valence-corrected chi connectivity index (χ1v) is 8.35. The molecule has 1 aliphatic rings. The molecule has 0 aliphatic carbocycles. The number of nitrogens with zero attached hydrogens (tertiary/aromatic N) is 6. The van der Waals surface area contributed by atoms with Crippen molar-refractivity contribution in [1.82, 2.24) is 19.9 Å². The molecule has 7 heteroatoms. The number of para-hydroxylation sites is 1. The second kappa shape index (κ2) is 6.51. The van der Waals surface area contributed by atoms with Gasteiger partial charge in [0.15, 0.2) is 0 Å². The average molecular weight is 336 g/mol. The monoisotopic (exact) mass is 336 g/mol. The van der Waals surface area contributed by atoms with Gasteiger partial charge in [-0.3, -0.25) is 0 Å². The molecule has 0 N–H and O–H groups in total. The fourth-order valence-corrected chi connectivity index (χ4v) is 3.07. The zero-order valence-corrected chi connectivity index (χ0v) is 14.4. The predicted octanol–water partition coefficient (Wildman–Crippen LogP) is 2.06. The zero-order chi connectivity index (χ0) is 17.2. The largest absolute Gasteiger partial charge is 0.481 e. The van der Waals surface area contributed by atoms with Crippen molar-refractivity contribution in [2.24, 2.45) is 0 Å². The molecule has 1 aliphatic heterocycles. The number of aromatic nitrogens is 4. The van der Waals surface area contributed by atoms with Gasteiger partial charge in [0, 0.05) is 43.8 Å². The second-order valence-corrected chi connectivity index (χ2v) is 6.00. The minimum atomic E-state index is 0.584. The van der Waals surface area contributed by atoms with Gasteiger partial charge in [-0.2, -0.15) is 4.98 Å². The molecule has 0 spiro atoms. The van der Waals surface area contributed by atoms with Gasteiger partial charge in [0.25, 0.3) is 0 Å². The standard InChI is InChI=1S/C18H20N6O/c1-13-14-5-3-4-6-15(14)21-18(20-13)24-11-9-23(10-12-24)17-19-8-7-16(22-17)25-2/h3-8H,9-12H2,1-2H3. The van der Waals surface area contributed by atoms with Crippen LogP contribution < -0.4 is 14.5 Å².